The number of rotatable bonds is 2. The highest BCUT2D eigenvalue weighted by Gasteiger charge is 2.13. The number of aromatic nitrogens is 2. The van der Waals surface area contributed by atoms with Gasteiger partial charge in [0.1, 0.15) is 0 Å². The van der Waals surface area contributed by atoms with Crippen molar-refractivity contribution in [3.05, 3.63) is 48.3 Å². The Morgan fingerprint density at radius 1 is 1.17 bits per heavy atom. The fraction of sp³-hybridized carbons (Fsp3) is 0. The first-order chi connectivity index (χ1) is 8.79. The average Bonchev–Trinajstić information content (AvgIpc) is 2.78. The monoisotopic (exact) mass is 237 g/mol. The van der Waals surface area contributed by atoms with Gasteiger partial charge >= 0.3 is 0 Å². The standard InChI is InChI=1S/C14H11N3O/c15-10-5-3-9(4-6-10)13-12(8-18)17-11-2-1-7-16-14(11)13/h1-8,17H,15H2. The van der Waals surface area contributed by atoms with Crippen LogP contribution >= 0.6 is 0 Å². The number of carbonyl (C=O) groups is 1. The Morgan fingerprint density at radius 2 is 1.94 bits per heavy atom. The van der Waals surface area contributed by atoms with Crippen molar-refractivity contribution in [2.45, 2.75) is 0 Å². The second kappa shape index (κ2) is 4.00. The van der Waals surface area contributed by atoms with Crippen LogP contribution in [0.25, 0.3) is 22.2 Å². The SMILES string of the molecule is Nc1ccc(-c2c(C=O)[nH]c3cccnc23)cc1. The molecule has 3 aromatic rings. The molecule has 4 nitrogen and oxygen atoms in total. The molecule has 88 valence electrons. The summed E-state index contributed by atoms with van der Waals surface area (Å²) < 4.78 is 0. The summed E-state index contributed by atoms with van der Waals surface area (Å²) in [5.74, 6) is 0. The number of pyridine rings is 1. The van der Waals surface area contributed by atoms with Gasteiger partial charge in [-0.3, -0.25) is 9.78 Å². The summed E-state index contributed by atoms with van der Waals surface area (Å²) in [5, 5.41) is 0. The molecule has 2 heterocycles. The van der Waals surface area contributed by atoms with E-state index in [1.165, 1.54) is 0 Å². The summed E-state index contributed by atoms with van der Waals surface area (Å²) in [6.45, 7) is 0. The highest BCUT2D eigenvalue weighted by molar-refractivity contribution is 6.02. The minimum absolute atomic E-state index is 0.536. The van der Waals surface area contributed by atoms with Crippen molar-refractivity contribution in [2.24, 2.45) is 0 Å². The van der Waals surface area contributed by atoms with Crippen LogP contribution in [0, 0.1) is 0 Å². The molecule has 0 aliphatic rings. The van der Waals surface area contributed by atoms with Crippen molar-refractivity contribution in [2.75, 3.05) is 5.73 Å². The van der Waals surface area contributed by atoms with Crippen LogP contribution in [0.15, 0.2) is 42.6 Å². The molecule has 0 aliphatic heterocycles. The summed E-state index contributed by atoms with van der Waals surface area (Å²) in [4.78, 5) is 18.5. The maximum atomic E-state index is 11.2. The quantitative estimate of drug-likeness (QED) is 0.531. The van der Waals surface area contributed by atoms with E-state index in [9.17, 15) is 4.79 Å². The van der Waals surface area contributed by atoms with E-state index in [-0.39, 0.29) is 0 Å². The molecule has 2 aromatic heterocycles. The van der Waals surface area contributed by atoms with E-state index >= 15 is 0 Å². The first kappa shape index (κ1) is 10.5. The molecule has 0 radical (unpaired) electrons. The van der Waals surface area contributed by atoms with Crippen LogP contribution < -0.4 is 5.73 Å². The highest BCUT2D eigenvalue weighted by atomic mass is 16.1. The van der Waals surface area contributed by atoms with Crippen LogP contribution in [0.3, 0.4) is 0 Å². The summed E-state index contributed by atoms with van der Waals surface area (Å²) in [5.41, 5.74) is 10.3. The number of aldehydes is 1. The number of aromatic amines is 1. The lowest BCUT2D eigenvalue weighted by atomic mass is 10.0. The van der Waals surface area contributed by atoms with Gasteiger partial charge in [0.2, 0.25) is 0 Å². The Morgan fingerprint density at radius 3 is 2.67 bits per heavy atom. The van der Waals surface area contributed by atoms with Crippen LogP contribution in [0.2, 0.25) is 0 Å². The molecule has 4 heteroatoms. The number of benzene rings is 1. The normalized spacial score (nSPS) is 10.7. The Bertz CT molecular complexity index is 713. The highest BCUT2D eigenvalue weighted by Crippen LogP contribution is 2.30. The van der Waals surface area contributed by atoms with E-state index in [1.54, 1.807) is 6.20 Å². The lowest BCUT2D eigenvalue weighted by Crippen LogP contribution is -1.87. The lowest BCUT2D eigenvalue weighted by molar-refractivity contribution is 0.112. The first-order valence-electron chi connectivity index (χ1n) is 5.57. The van der Waals surface area contributed by atoms with E-state index in [1.807, 2.05) is 36.4 Å². The third-order valence-electron chi connectivity index (χ3n) is 2.90. The predicted molar refractivity (Wildman–Crippen MR) is 71.3 cm³/mol. The molecule has 18 heavy (non-hydrogen) atoms. The zero-order valence-electron chi connectivity index (χ0n) is 9.55. The van der Waals surface area contributed by atoms with Crippen molar-refractivity contribution in [3.63, 3.8) is 0 Å². The van der Waals surface area contributed by atoms with Gasteiger partial charge in [0.05, 0.1) is 16.7 Å². The van der Waals surface area contributed by atoms with Crippen LogP contribution in [0.4, 0.5) is 5.69 Å². The molecule has 0 bridgehead atoms. The number of nitrogens with one attached hydrogen (secondary N) is 1. The summed E-state index contributed by atoms with van der Waals surface area (Å²) >= 11 is 0. The van der Waals surface area contributed by atoms with Gasteiger partial charge in [0.25, 0.3) is 0 Å². The average molecular weight is 237 g/mol. The number of anilines is 1. The van der Waals surface area contributed by atoms with E-state index in [0.717, 1.165) is 28.4 Å². The van der Waals surface area contributed by atoms with Gasteiger partial charge in [-0.05, 0) is 29.8 Å². The minimum Gasteiger partial charge on any atom is -0.399 e. The molecule has 3 N–H and O–H groups in total. The predicted octanol–water partition coefficient (Wildman–Crippen LogP) is 2.62. The van der Waals surface area contributed by atoms with Crippen molar-refractivity contribution in [1.29, 1.82) is 0 Å². The second-order valence-electron chi connectivity index (χ2n) is 4.05. The van der Waals surface area contributed by atoms with E-state index in [2.05, 4.69) is 9.97 Å². The number of carbonyl (C=O) groups excluding carboxylic acids is 1. The zero-order chi connectivity index (χ0) is 12.5. The van der Waals surface area contributed by atoms with Crippen LogP contribution in [0.1, 0.15) is 10.5 Å². The lowest BCUT2D eigenvalue weighted by Gasteiger charge is -2.01. The van der Waals surface area contributed by atoms with Gasteiger partial charge in [-0.1, -0.05) is 12.1 Å². The zero-order valence-corrected chi connectivity index (χ0v) is 9.55. The Labute approximate surface area is 103 Å². The fourth-order valence-electron chi connectivity index (χ4n) is 2.07. The third kappa shape index (κ3) is 1.55. The van der Waals surface area contributed by atoms with Crippen molar-refractivity contribution < 1.29 is 4.79 Å². The largest absolute Gasteiger partial charge is 0.399 e. The number of nitrogen functional groups attached to an aromatic ring is 1. The smallest absolute Gasteiger partial charge is 0.166 e. The van der Waals surface area contributed by atoms with Gasteiger partial charge in [-0.2, -0.15) is 0 Å². The second-order valence-corrected chi connectivity index (χ2v) is 4.05. The molecule has 0 aliphatic carbocycles. The van der Waals surface area contributed by atoms with Gasteiger partial charge in [0.15, 0.2) is 6.29 Å². The topological polar surface area (TPSA) is 71.8 Å². The molecule has 0 atom stereocenters. The van der Waals surface area contributed by atoms with Gasteiger partial charge < -0.3 is 10.7 Å². The Balaban J connectivity index is 2.32. The number of nitrogens with zero attached hydrogens (tertiary/aromatic N) is 1. The molecule has 0 amide bonds. The molecule has 0 saturated heterocycles. The summed E-state index contributed by atoms with van der Waals surface area (Å²) in [6.07, 6.45) is 2.53. The minimum atomic E-state index is 0.536. The molecular formula is C14H11N3O. The molecule has 1 aromatic carbocycles. The molecule has 0 spiro atoms. The number of hydrogen-bond acceptors (Lipinski definition) is 3. The molecule has 0 saturated carbocycles. The van der Waals surface area contributed by atoms with Crippen LogP contribution in [0.5, 0.6) is 0 Å². The number of nitrogens with two attached hydrogens (primary N) is 1. The van der Waals surface area contributed by atoms with E-state index in [0.29, 0.717) is 11.4 Å². The van der Waals surface area contributed by atoms with E-state index in [4.69, 9.17) is 5.73 Å². The van der Waals surface area contributed by atoms with Crippen LogP contribution in [-0.2, 0) is 0 Å². The molecular weight excluding hydrogens is 226 g/mol. The van der Waals surface area contributed by atoms with Gasteiger partial charge in [0, 0.05) is 17.4 Å². The maximum absolute atomic E-state index is 11.2. The first-order valence-corrected chi connectivity index (χ1v) is 5.57. The van der Waals surface area contributed by atoms with E-state index < -0.39 is 0 Å². The number of fused-ring (bicyclic) bond motifs is 1. The molecule has 0 fully saturated rings. The maximum Gasteiger partial charge on any atom is 0.166 e. The third-order valence-corrected chi connectivity index (χ3v) is 2.90. The Kier molecular flexibility index (Phi) is 2.34. The summed E-state index contributed by atoms with van der Waals surface area (Å²) in [6, 6.07) is 11.1. The number of H-pyrrole nitrogens is 1. The fourth-order valence-corrected chi connectivity index (χ4v) is 2.07. The van der Waals surface area contributed by atoms with Crippen molar-refractivity contribution in [1.82, 2.24) is 9.97 Å². The van der Waals surface area contributed by atoms with Crippen molar-refractivity contribution >= 4 is 23.0 Å². The van der Waals surface area contributed by atoms with Gasteiger partial charge in [-0.25, -0.2) is 0 Å². The molecule has 0 unspecified atom stereocenters. The summed E-state index contributed by atoms with van der Waals surface area (Å²) in [7, 11) is 0. The number of hydrogen-bond donors (Lipinski definition) is 2. The molecule has 3 rings (SSSR count). The Hall–Kier alpha value is -2.62. The van der Waals surface area contributed by atoms with Crippen molar-refractivity contribution in [3.8, 4) is 11.1 Å². The van der Waals surface area contributed by atoms with Crippen LogP contribution in [-0.4, -0.2) is 16.3 Å². The van der Waals surface area contributed by atoms with Gasteiger partial charge in [-0.15, -0.1) is 0 Å².